The molecule has 2 heterocycles. The lowest BCUT2D eigenvalue weighted by Crippen LogP contribution is -2.22. The smallest absolute Gasteiger partial charge is 0.237 e. The molecule has 1 aliphatic rings. The van der Waals surface area contributed by atoms with Crippen molar-refractivity contribution in [2.75, 3.05) is 20.3 Å². The first-order chi connectivity index (χ1) is 6.25. The fourth-order valence-electron chi connectivity index (χ4n) is 1.39. The van der Waals surface area contributed by atoms with E-state index in [9.17, 15) is 4.79 Å². The van der Waals surface area contributed by atoms with Crippen LogP contribution >= 0.6 is 11.3 Å². The highest BCUT2D eigenvalue weighted by atomic mass is 32.1. The zero-order valence-electron chi connectivity index (χ0n) is 7.43. The van der Waals surface area contributed by atoms with E-state index in [2.05, 4.69) is 9.88 Å². The highest BCUT2D eigenvalue weighted by Gasteiger charge is 2.24. The van der Waals surface area contributed by atoms with E-state index in [4.69, 9.17) is 0 Å². The number of amides is 1. The average Bonchev–Trinajstić information content (AvgIpc) is 2.64. The molecule has 2 rings (SSSR count). The molecule has 1 aromatic heterocycles. The van der Waals surface area contributed by atoms with Gasteiger partial charge in [-0.05, 0) is 0 Å². The molecule has 5 heteroatoms. The predicted octanol–water partition coefficient (Wildman–Crippen LogP) is 0.375. The van der Waals surface area contributed by atoms with Crippen molar-refractivity contribution >= 4 is 17.2 Å². The van der Waals surface area contributed by atoms with E-state index in [0.717, 1.165) is 13.2 Å². The Hall–Kier alpha value is -0.940. The van der Waals surface area contributed by atoms with Crippen molar-refractivity contribution in [1.29, 1.82) is 0 Å². The van der Waals surface area contributed by atoms with Gasteiger partial charge < -0.3 is 4.90 Å². The molecular formula is C8H11N3OS. The second-order valence-corrected chi connectivity index (χ2v) is 4.16. The standard InChI is InChI=1S/C8H11N3OS/c1-10-6-11(4-8(10)12)3-7-2-9-5-13-7/h2,5H,3-4,6H2,1H3. The Morgan fingerprint density at radius 2 is 2.54 bits per heavy atom. The van der Waals surface area contributed by atoms with E-state index in [1.165, 1.54) is 4.88 Å². The van der Waals surface area contributed by atoms with Crippen LogP contribution in [0.3, 0.4) is 0 Å². The van der Waals surface area contributed by atoms with Crippen molar-refractivity contribution in [2.45, 2.75) is 6.54 Å². The first-order valence-electron chi connectivity index (χ1n) is 4.09. The number of carbonyl (C=O) groups excluding carboxylic acids is 1. The summed E-state index contributed by atoms with van der Waals surface area (Å²) in [6.07, 6.45) is 1.85. The minimum Gasteiger partial charge on any atom is -0.332 e. The molecule has 1 amide bonds. The zero-order valence-corrected chi connectivity index (χ0v) is 8.25. The highest BCUT2D eigenvalue weighted by Crippen LogP contribution is 2.12. The van der Waals surface area contributed by atoms with Crippen LogP contribution in [0.1, 0.15) is 4.88 Å². The molecule has 0 aliphatic carbocycles. The Morgan fingerprint density at radius 3 is 3.08 bits per heavy atom. The largest absolute Gasteiger partial charge is 0.332 e. The third-order valence-corrected chi connectivity index (χ3v) is 2.82. The molecule has 0 atom stereocenters. The topological polar surface area (TPSA) is 36.4 Å². The van der Waals surface area contributed by atoms with E-state index in [1.54, 1.807) is 16.2 Å². The minimum atomic E-state index is 0.199. The Labute approximate surface area is 80.8 Å². The van der Waals surface area contributed by atoms with Gasteiger partial charge >= 0.3 is 0 Å². The lowest BCUT2D eigenvalue weighted by atomic mass is 10.5. The number of hydrogen-bond acceptors (Lipinski definition) is 4. The van der Waals surface area contributed by atoms with Crippen molar-refractivity contribution in [1.82, 2.24) is 14.8 Å². The minimum absolute atomic E-state index is 0.199. The van der Waals surface area contributed by atoms with Gasteiger partial charge in [0.25, 0.3) is 0 Å². The zero-order chi connectivity index (χ0) is 9.26. The van der Waals surface area contributed by atoms with Gasteiger partial charge in [-0.15, -0.1) is 11.3 Å². The number of aromatic nitrogens is 1. The summed E-state index contributed by atoms with van der Waals surface area (Å²) in [5, 5.41) is 0. The quantitative estimate of drug-likeness (QED) is 0.687. The highest BCUT2D eigenvalue weighted by molar-refractivity contribution is 7.09. The Bertz CT molecular complexity index is 298. The molecule has 1 aliphatic heterocycles. The molecule has 70 valence electrons. The maximum atomic E-state index is 11.2. The van der Waals surface area contributed by atoms with E-state index < -0.39 is 0 Å². The molecule has 0 aromatic carbocycles. The molecule has 0 spiro atoms. The van der Waals surface area contributed by atoms with Crippen LogP contribution in [0.5, 0.6) is 0 Å². The van der Waals surface area contributed by atoms with Crippen molar-refractivity contribution in [2.24, 2.45) is 0 Å². The third kappa shape index (κ3) is 1.87. The number of hydrogen-bond donors (Lipinski definition) is 0. The normalized spacial score (nSPS) is 18.5. The summed E-state index contributed by atoms with van der Waals surface area (Å²) in [4.78, 5) is 20.2. The van der Waals surface area contributed by atoms with Gasteiger partial charge in [0.2, 0.25) is 5.91 Å². The first kappa shape index (κ1) is 8.65. The summed E-state index contributed by atoms with van der Waals surface area (Å²) in [5.74, 6) is 0.199. The van der Waals surface area contributed by atoms with Gasteiger partial charge in [0.1, 0.15) is 0 Å². The van der Waals surface area contributed by atoms with E-state index in [1.807, 2.05) is 18.8 Å². The molecule has 0 unspecified atom stereocenters. The summed E-state index contributed by atoms with van der Waals surface area (Å²) in [5.41, 5.74) is 1.82. The van der Waals surface area contributed by atoms with Crippen molar-refractivity contribution in [3.8, 4) is 0 Å². The lowest BCUT2D eigenvalue weighted by molar-refractivity contribution is -0.125. The summed E-state index contributed by atoms with van der Waals surface area (Å²) < 4.78 is 0. The van der Waals surface area contributed by atoms with Gasteiger partial charge in [0.05, 0.1) is 18.7 Å². The number of rotatable bonds is 2. The molecule has 13 heavy (non-hydrogen) atoms. The van der Waals surface area contributed by atoms with Crippen LogP contribution in [0.4, 0.5) is 0 Å². The molecule has 1 aromatic rings. The van der Waals surface area contributed by atoms with Crippen LogP contribution in [-0.2, 0) is 11.3 Å². The van der Waals surface area contributed by atoms with Crippen molar-refractivity contribution < 1.29 is 4.79 Å². The van der Waals surface area contributed by atoms with Gasteiger partial charge in [0, 0.05) is 24.7 Å². The summed E-state index contributed by atoms with van der Waals surface area (Å²) in [6, 6.07) is 0. The second kappa shape index (κ2) is 3.43. The number of nitrogens with zero attached hydrogens (tertiary/aromatic N) is 3. The van der Waals surface area contributed by atoms with Gasteiger partial charge in [-0.2, -0.15) is 0 Å². The van der Waals surface area contributed by atoms with Gasteiger partial charge in [-0.1, -0.05) is 0 Å². The SMILES string of the molecule is CN1CN(Cc2cncs2)CC1=O. The van der Waals surface area contributed by atoms with E-state index in [-0.39, 0.29) is 5.91 Å². The van der Waals surface area contributed by atoms with Crippen LogP contribution in [0.15, 0.2) is 11.7 Å². The van der Waals surface area contributed by atoms with Crippen molar-refractivity contribution in [3.63, 3.8) is 0 Å². The lowest BCUT2D eigenvalue weighted by Gasteiger charge is -2.12. The molecule has 0 radical (unpaired) electrons. The molecule has 1 fully saturated rings. The number of likely N-dealkylation sites (N-methyl/N-ethyl adjacent to an activating group) is 1. The van der Waals surface area contributed by atoms with Gasteiger partial charge in [-0.25, -0.2) is 0 Å². The predicted molar refractivity (Wildman–Crippen MR) is 50.2 cm³/mol. The van der Waals surface area contributed by atoms with Crippen LogP contribution < -0.4 is 0 Å². The van der Waals surface area contributed by atoms with Gasteiger partial charge in [0.15, 0.2) is 0 Å². The Kier molecular flexibility index (Phi) is 2.28. The maximum Gasteiger partial charge on any atom is 0.237 e. The molecular weight excluding hydrogens is 186 g/mol. The molecule has 0 saturated carbocycles. The third-order valence-electron chi connectivity index (χ3n) is 2.06. The molecule has 0 N–H and O–H groups in total. The summed E-state index contributed by atoms with van der Waals surface area (Å²) in [6.45, 7) is 2.10. The van der Waals surface area contributed by atoms with E-state index >= 15 is 0 Å². The number of carbonyl (C=O) groups is 1. The fraction of sp³-hybridized carbons (Fsp3) is 0.500. The van der Waals surface area contributed by atoms with Crippen LogP contribution in [0.25, 0.3) is 0 Å². The Morgan fingerprint density at radius 1 is 1.69 bits per heavy atom. The number of thiazole rings is 1. The van der Waals surface area contributed by atoms with Crippen molar-refractivity contribution in [3.05, 3.63) is 16.6 Å². The monoisotopic (exact) mass is 197 g/mol. The fourth-order valence-corrected chi connectivity index (χ4v) is 2.02. The van der Waals surface area contributed by atoms with Crippen LogP contribution in [0, 0.1) is 0 Å². The Balaban J connectivity index is 1.94. The van der Waals surface area contributed by atoms with Crippen LogP contribution in [-0.4, -0.2) is 41.0 Å². The average molecular weight is 197 g/mol. The molecule has 4 nitrogen and oxygen atoms in total. The summed E-state index contributed by atoms with van der Waals surface area (Å²) >= 11 is 1.63. The van der Waals surface area contributed by atoms with Gasteiger partial charge in [-0.3, -0.25) is 14.7 Å². The summed E-state index contributed by atoms with van der Waals surface area (Å²) in [7, 11) is 1.83. The molecule has 0 bridgehead atoms. The first-order valence-corrected chi connectivity index (χ1v) is 4.97. The van der Waals surface area contributed by atoms with E-state index in [0.29, 0.717) is 6.54 Å². The second-order valence-electron chi connectivity index (χ2n) is 3.19. The maximum absolute atomic E-state index is 11.2. The molecule has 1 saturated heterocycles. The van der Waals surface area contributed by atoms with Crippen LogP contribution in [0.2, 0.25) is 0 Å².